The molecule has 2 heterocycles. The Morgan fingerprint density at radius 1 is 1.29 bits per heavy atom. The van der Waals surface area contributed by atoms with Gasteiger partial charge in [0.15, 0.2) is 5.69 Å². The van der Waals surface area contributed by atoms with Crippen LogP contribution in [0.25, 0.3) is 11.4 Å². The summed E-state index contributed by atoms with van der Waals surface area (Å²) in [5.41, 5.74) is 1.09. The summed E-state index contributed by atoms with van der Waals surface area (Å²) >= 11 is 0. The van der Waals surface area contributed by atoms with Gasteiger partial charge in [-0.1, -0.05) is 30.5 Å². The molecule has 1 aliphatic rings. The van der Waals surface area contributed by atoms with Crippen molar-refractivity contribution in [1.29, 1.82) is 0 Å². The fourth-order valence-corrected chi connectivity index (χ4v) is 2.96. The van der Waals surface area contributed by atoms with E-state index in [0.717, 1.165) is 0 Å². The number of nitrogens with zero attached hydrogens (tertiary/aromatic N) is 4. The second-order valence-electron chi connectivity index (χ2n) is 5.49. The number of hydrogen-bond donors (Lipinski definition) is 1. The fourth-order valence-electron chi connectivity index (χ4n) is 2.96. The lowest BCUT2D eigenvalue weighted by atomic mass is 9.89. The van der Waals surface area contributed by atoms with Crippen molar-refractivity contribution in [3.05, 3.63) is 30.1 Å². The topological polar surface area (TPSA) is 80.9 Å². The van der Waals surface area contributed by atoms with Crippen LogP contribution in [0.3, 0.4) is 0 Å². The van der Waals surface area contributed by atoms with Crippen LogP contribution in [-0.2, 0) is 6.54 Å². The maximum atomic E-state index is 11.4. The van der Waals surface area contributed by atoms with Gasteiger partial charge in [-0.3, -0.25) is 4.98 Å². The van der Waals surface area contributed by atoms with E-state index < -0.39 is 5.97 Å². The lowest BCUT2D eigenvalue weighted by Gasteiger charge is -2.21. The van der Waals surface area contributed by atoms with Crippen LogP contribution >= 0.6 is 0 Å². The number of aromatic carboxylic acids is 1. The van der Waals surface area contributed by atoms with Crippen LogP contribution < -0.4 is 0 Å². The summed E-state index contributed by atoms with van der Waals surface area (Å²) in [6, 6.07) is 5.44. The standard InChI is InChI=1S/C15H18N4O2/c20-15(21)13-14(12-8-4-5-9-16-12)19(18-17-13)10-11-6-2-1-3-7-11/h4-5,8-9,11H,1-3,6-7,10H2,(H,20,21). The van der Waals surface area contributed by atoms with Crippen molar-refractivity contribution in [2.24, 2.45) is 5.92 Å². The predicted molar refractivity (Wildman–Crippen MR) is 76.8 cm³/mol. The minimum absolute atomic E-state index is 0.0236. The number of carboxylic acids is 1. The van der Waals surface area contributed by atoms with E-state index in [1.165, 1.54) is 32.1 Å². The summed E-state index contributed by atoms with van der Waals surface area (Å²) in [6.07, 6.45) is 7.77. The van der Waals surface area contributed by atoms with Gasteiger partial charge in [0.2, 0.25) is 0 Å². The summed E-state index contributed by atoms with van der Waals surface area (Å²) in [4.78, 5) is 15.6. The molecule has 3 rings (SSSR count). The molecule has 110 valence electrons. The van der Waals surface area contributed by atoms with Crippen LogP contribution in [0.2, 0.25) is 0 Å². The number of rotatable bonds is 4. The molecule has 21 heavy (non-hydrogen) atoms. The Hall–Kier alpha value is -2.24. The van der Waals surface area contributed by atoms with Gasteiger partial charge in [-0.05, 0) is 30.9 Å². The van der Waals surface area contributed by atoms with Crippen LogP contribution in [0.1, 0.15) is 42.6 Å². The average Bonchev–Trinajstić information content (AvgIpc) is 2.93. The Morgan fingerprint density at radius 2 is 2.10 bits per heavy atom. The molecule has 6 heteroatoms. The molecule has 0 atom stereocenters. The summed E-state index contributed by atoms with van der Waals surface area (Å²) in [5, 5.41) is 17.2. The van der Waals surface area contributed by atoms with Gasteiger partial charge in [0.25, 0.3) is 0 Å². The zero-order valence-electron chi connectivity index (χ0n) is 11.8. The zero-order valence-corrected chi connectivity index (χ0v) is 11.8. The molecule has 1 N–H and O–H groups in total. The van der Waals surface area contributed by atoms with Crippen LogP contribution in [0, 0.1) is 5.92 Å². The monoisotopic (exact) mass is 286 g/mol. The molecule has 1 saturated carbocycles. The smallest absolute Gasteiger partial charge is 0.358 e. The third-order valence-electron chi connectivity index (χ3n) is 4.00. The molecule has 6 nitrogen and oxygen atoms in total. The second kappa shape index (κ2) is 6.03. The van der Waals surface area contributed by atoms with Crippen molar-refractivity contribution in [1.82, 2.24) is 20.0 Å². The molecule has 2 aromatic rings. The van der Waals surface area contributed by atoms with Gasteiger partial charge >= 0.3 is 5.97 Å². The maximum Gasteiger partial charge on any atom is 0.358 e. The van der Waals surface area contributed by atoms with Crippen LogP contribution in [0.15, 0.2) is 24.4 Å². The molecule has 0 amide bonds. The fraction of sp³-hybridized carbons (Fsp3) is 0.467. The summed E-state index contributed by atoms with van der Waals surface area (Å²) < 4.78 is 1.71. The number of aromatic nitrogens is 4. The van der Waals surface area contributed by atoms with E-state index in [-0.39, 0.29) is 5.69 Å². The third-order valence-corrected chi connectivity index (χ3v) is 4.00. The van der Waals surface area contributed by atoms with Crippen molar-refractivity contribution in [2.45, 2.75) is 38.6 Å². The van der Waals surface area contributed by atoms with E-state index in [1.807, 2.05) is 6.07 Å². The van der Waals surface area contributed by atoms with Crippen molar-refractivity contribution in [2.75, 3.05) is 0 Å². The first kappa shape index (κ1) is 13.7. The highest BCUT2D eigenvalue weighted by atomic mass is 16.4. The Kier molecular flexibility index (Phi) is 3.94. The molecular formula is C15H18N4O2. The molecule has 2 aromatic heterocycles. The first-order chi connectivity index (χ1) is 10.3. The van der Waals surface area contributed by atoms with Gasteiger partial charge in [0.05, 0.1) is 5.69 Å². The van der Waals surface area contributed by atoms with Gasteiger partial charge in [0.1, 0.15) is 5.69 Å². The Morgan fingerprint density at radius 3 is 2.76 bits per heavy atom. The van der Waals surface area contributed by atoms with Crippen molar-refractivity contribution in [3.8, 4) is 11.4 Å². The van der Waals surface area contributed by atoms with E-state index in [1.54, 1.807) is 23.0 Å². The Balaban J connectivity index is 1.95. The molecule has 1 aliphatic carbocycles. The molecule has 0 bridgehead atoms. The highest BCUT2D eigenvalue weighted by molar-refractivity contribution is 5.92. The van der Waals surface area contributed by atoms with Crippen LogP contribution in [0.5, 0.6) is 0 Å². The molecule has 0 radical (unpaired) electrons. The highest BCUT2D eigenvalue weighted by Crippen LogP contribution is 2.27. The van der Waals surface area contributed by atoms with Crippen molar-refractivity contribution >= 4 is 5.97 Å². The molecular weight excluding hydrogens is 268 g/mol. The largest absolute Gasteiger partial charge is 0.476 e. The summed E-state index contributed by atoms with van der Waals surface area (Å²) in [7, 11) is 0. The maximum absolute atomic E-state index is 11.4. The summed E-state index contributed by atoms with van der Waals surface area (Å²) in [5.74, 6) is -0.518. The zero-order chi connectivity index (χ0) is 14.7. The second-order valence-corrected chi connectivity index (χ2v) is 5.49. The van der Waals surface area contributed by atoms with Crippen molar-refractivity contribution < 1.29 is 9.90 Å². The quantitative estimate of drug-likeness (QED) is 0.934. The van der Waals surface area contributed by atoms with E-state index in [2.05, 4.69) is 15.3 Å². The normalized spacial score (nSPS) is 16.0. The molecule has 0 unspecified atom stereocenters. The van der Waals surface area contributed by atoms with E-state index in [4.69, 9.17) is 0 Å². The Labute approximate surface area is 122 Å². The van der Waals surface area contributed by atoms with Gasteiger partial charge < -0.3 is 5.11 Å². The molecule has 0 spiro atoms. The lowest BCUT2D eigenvalue weighted by molar-refractivity contribution is 0.0691. The highest BCUT2D eigenvalue weighted by Gasteiger charge is 2.23. The molecule has 1 fully saturated rings. The molecule has 0 aromatic carbocycles. The SMILES string of the molecule is O=C(O)c1nnn(CC2CCCCC2)c1-c1ccccn1. The average molecular weight is 286 g/mol. The van der Waals surface area contributed by atoms with Gasteiger partial charge in [0, 0.05) is 12.7 Å². The van der Waals surface area contributed by atoms with E-state index in [9.17, 15) is 9.90 Å². The third kappa shape index (κ3) is 2.94. The van der Waals surface area contributed by atoms with E-state index in [0.29, 0.717) is 23.9 Å². The van der Waals surface area contributed by atoms with Crippen LogP contribution in [0.4, 0.5) is 0 Å². The number of carbonyl (C=O) groups is 1. The molecule has 0 aliphatic heterocycles. The predicted octanol–water partition coefficient (Wildman–Crippen LogP) is 2.62. The Bertz CT molecular complexity index is 618. The molecule has 0 saturated heterocycles. The van der Waals surface area contributed by atoms with Crippen molar-refractivity contribution in [3.63, 3.8) is 0 Å². The van der Waals surface area contributed by atoms with Gasteiger partial charge in [-0.25, -0.2) is 9.48 Å². The van der Waals surface area contributed by atoms with E-state index >= 15 is 0 Å². The first-order valence-corrected chi connectivity index (χ1v) is 7.34. The first-order valence-electron chi connectivity index (χ1n) is 7.34. The number of pyridine rings is 1. The van der Waals surface area contributed by atoms with Gasteiger partial charge in [-0.15, -0.1) is 5.10 Å². The number of hydrogen-bond acceptors (Lipinski definition) is 4. The van der Waals surface area contributed by atoms with Crippen LogP contribution in [-0.4, -0.2) is 31.1 Å². The summed E-state index contributed by atoms with van der Waals surface area (Å²) in [6.45, 7) is 0.714. The minimum atomic E-state index is -1.06. The minimum Gasteiger partial charge on any atom is -0.476 e. The van der Waals surface area contributed by atoms with Gasteiger partial charge in [-0.2, -0.15) is 0 Å². The lowest BCUT2D eigenvalue weighted by Crippen LogP contribution is -2.16. The number of carboxylic acid groups (broad SMARTS) is 1.